The summed E-state index contributed by atoms with van der Waals surface area (Å²) in [4.78, 5) is 16.2. The van der Waals surface area contributed by atoms with Gasteiger partial charge in [0, 0.05) is 32.8 Å². The van der Waals surface area contributed by atoms with Crippen molar-refractivity contribution in [2.75, 3.05) is 20.1 Å². The van der Waals surface area contributed by atoms with Gasteiger partial charge in [0.25, 0.3) is 0 Å². The van der Waals surface area contributed by atoms with Crippen LogP contribution < -0.4 is 16.0 Å². The predicted molar refractivity (Wildman–Crippen MR) is 110 cm³/mol. The van der Waals surface area contributed by atoms with Crippen LogP contribution in [0.15, 0.2) is 29.4 Å². The van der Waals surface area contributed by atoms with Crippen LogP contribution in [0.1, 0.15) is 40.4 Å². The Hall–Kier alpha value is -2.84. The Balaban J connectivity index is 1.79. The SMILES string of the molecule is CN=C(NCCc1nnc2ccccn12)NCC(C)(C)NC(=O)OC(C)(C)C. The van der Waals surface area contributed by atoms with E-state index in [-0.39, 0.29) is 0 Å². The highest BCUT2D eigenvalue weighted by Gasteiger charge is 2.24. The first-order valence-corrected chi connectivity index (χ1v) is 9.34. The van der Waals surface area contributed by atoms with Gasteiger partial charge in [0.2, 0.25) is 0 Å². The first kappa shape index (κ1) is 21.5. The molecule has 0 fully saturated rings. The van der Waals surface area contributed by atoms with Crippen LogP contribution in [0.25, 0.3) is 5.65 Å². The van der Waals surface area contributed by atoms with Crippen LogP contribution in [0, 0.1) is 0 Å². The number of guanidine groups is 1. The summed E-state index contributed by atoms with van der Waals surface area (Å²) in [5.41, 5.74) is -0.213. The molecule has 2 aromatic rings. The second-order valence-corrected chi connectivity index (χ2v) is 8.16. The molecule has 9 heteroatoms. The molecule has 0 saturated carbocycles. The zero-order valence-corrected chi connectivity index (χ0v) is 17.5. The van der Waals surface area contributed by atoms with E-state index in [1.165, 1.54) is 0 Å². The van der Waals surface area contributed by atoms with Crippen LogP contribution in [-0.2, 0) is 11.2 Å². The average molecular weight is 390 g/mol. The number of carbonyl (C=O) groups is 1. The second-order valence-electron chi connectivity index (χ2n) is 8.16. The normalized spacial score (nSPS) is 12.7. The van der Waals surface area contributed by atoms with Gasteiger partial charge >= 0.3 is 6.09 Å². The Morgan fingerprint density at radius 2 is 1.93 bits per heavy atom. The van der Waals surface area contributed by atoms with Crippen molar-refractivity contribution in [2.45, 2.75) is 52.2 Å². The van der Waals surface area contributed by atoms with Gasteiger partial charge in [-0.15, -0.1) is 10.2 Å². The number of hydrogen-bond donors (Lipinski definition) is 3. The molecule has 154 valence electrons. The number of hydrogen-bond acceptors (Lipinski definition) is 5. The molecular formula is C19H31N7O2. The lowest BCUT2D eigenvalue weighted by molar-refractivity contribution is 0.0474. The van der Waals surface area contributed by atoms with Crippen LogP contribution in [0.2, 0.25) is 0 Å². The minimum absolute atomic E-state index is 0.444. The predicted octanol–water partition coefficient (Wildman–Crippen LogP) is 1.74. The monoisotopic (exact) mass is 389 g/mol. The number of rotatable bonds is 6. The maximum atomic E-state index is 12.0. The Labute approximate surface area is 166 Å². The van der Waals surface area contributed by atoms with Crippen LogP contribution in [0.3, 0.4) is 0 Å². The fourth-order valence-corrected chi connectivity index (χ4v) is 2.50. The van der Waals surface area contributed by atoms with Gasteiger partial charge in [0.15, 0.2) is 11.6 Å². The lowest BCUT2D eigenvalue weighted by atomic mass is 10.1. The van der Waals surface area contributed by atoms with Crippen molar-refractivity contribution in [3.05, 3.63) is 30.2 Å². The number of alkyl carbamates (subject to hydrolysis) is 1. The van der Waals surface area contributed by atoms with Crippen molar-refractivity contribution in [1.29, 1.82) is 0 Å². The van der Waals surface area contributed by atoms with E-state index in [1.54, 1.807) is 7.05 Å². The Morgan fingerprint density at radius 3 is 2.61 bits per heavy atom. The molecule has 3 N–H and O–H groups in total. The molecule has 0 spiro atoms. The molecule has 0 aliphatic carbocycles. The van der Waals surface area contributed by atoms with E-state index in [0.717, 1.165) is 11.5 Å². The summed E-state index contributed by atoms with van der Waals surface area (Å²) in [7, 11) is 1.70. The number of nitrogens with zero attached hydrogens (tertiary/aromatic N) is 4. The molecule has 0 unspecified atom stereocenters. The van der Waals surface area contributed by atoms with Gasteiger partial charge in [-0.05, 0) is 46.8 Å². The van der Waals surface area contributed by atoms with E-state index < -0.39 is 17.2 Å². The topological polar surface area (TPSA) is 105 Å². The molecule has 2 heterocycles. The van der Waals surface area contributed by atoms with E-state index in [4.69, 9.17) is 4.74 Å². The molecule has 2 aromatic heterocycles. The van der Waals surface area contributed by atoms with Gasteiger partial charge in [-0.2, -0.15) is 0 Å². The molecule has 0 atom stereocenters. The second kappa shape index (κ2) is 8.90. The van der Waals surface area contributed by atoms with E-state index in [9.17, 15) is 4.79 Å². The number of nitrogens with one attached hydrogen (secondary N) is 3. The summed E-state index contributed by atoms with van der Waals surface area (Å²) < 4.78 is 7.27. The first-order valence-electron chi connectivity index (χ1n) is 9.34. The Kier molecular flexibility index (Phi) is 6.82. The van der Waals surface area contributed by atoms with Crippen molar-refractivity contribution < 1.29 is 9.53 Å². The van der Waals surface area contributed by atoms with Gasteiger partial charge in [0.1, 0.15) is 11.4 Å². The Morgan fingerprint density at radius 1 is 1.18 bits per heavy atom. The minimum Gasteiger partial charge on any atom is -0.444 e. The summed E-state index contributed by atoms with van der Waals surface area (Å²) in [5.74, 6) is 1.53. The molecule has 0 aliphatic heterocycles. The van der Waals surface area contributed by atoms with Crippen LogP contribution in [0.4, 0.5) is 4.79 Å². The third kappa shape index (κ3) is 6.71. The van der Waals surface area contributed by atoms with Crippen molar-refractivity contribution in [3.8, 4) is 0 Å². The number of carbonyl (C=O) groups excluding carboxylic acids is 1. The van der Waals surface area contributed by atoms with Crippen molar-refractivity contribution >= 4 is 17.7 Å². The molecule has 0 bridgehead atoms. The number of aromatic nitrogens is 3. The van der Waals surface area contributed by atoms with Crippen molar-refractivity contribution in [3.63, 3.8) is 0 Å². The van der Waals surface area contributed by atoms with Gasteiger partial charge in [-0.3, -0.25) is 9.39 Å². The summed E-state index contributed by atoms with van der Waals surface area (Å²) in [6, 6.07) is 5.81. The number of amides is 1. The number of aliphatic imine (C=N–C) groups is 1. The third-order valence-electron chi connectivity index (χ3n) is 3.79. The number of ether oxygens (including phenoxy) is 1. The minimum atomic E-state index is -0.531. The largest absolute Gasteiger partial charge is 0.444 e. The lowest BCUT2D eigenvalue weighted by Gasteiger charge is -2.29. The zero-order chi connectivity index (χ0) is 20.8. The average Bonchev–Trinajstić information content (AvgIpc) is 2.99. The number of pyridine rings is 1. The zero-order valence-electron chi connectivity index (χ0n) is 17.5. The summed E-state index contributed by atoms with van der Waals surface area (Å²) in [6.45, 7) is 10.5. The van der Waals surface area contributed by atoms with E-state index in [1.807, 2.05) is 63.4 Å². The smallest absolute Gasteiger partial charge is 0.408 e. The fourth-order valence-electron chi connectivity index (χ4n) is 2.50. The fraction of sp³-hybridized carbons (Fsp3) is 0.579. The molecule has 2 rings (SSSR count). The van der Waals surface area contributed by atoms with Gasteiger partial charge in [0.05, 0.1) is 5.54 Å². The standard InChI is InChI=1S/C19H31N7O2/c1-18(2,3)28-17(27)23-19(4,5)13-22-16(20-6)21-11-10-15-25-24-14-9-7-8-12-26(14)15/h7-9,12H,10-11,13H2,1-6H3,(H,23,27)(H2,20,21,22). The van der Waals surface area contributed by atoms with E-state index in [2.05, 4.69) is 31.1 Å². The van der Waals surface area contributed by atoms with Crippen LogP contribution in [0.5, 0.6) is 0 Å². The summed E-state index contributed by atoms with van der Waals surface area (Å²) >= 11 is 0. The number of fused-ring (bicyclic) bond motifs is 1. The highest BCUT2D eigenvalue weighted by atomic mass is 16.6. The van der Waals surface area contributed by atoms with Gasteiger partial charge in [-0.1, -0.05) is 6.07 Å². The van der Waals surface area contributed by atoms with Crippen LogP contribution >= 0.6 is 0 Å². The van der Waals surface area contributed by atoms with Crippen molar-refractivity contribution in [2.24, 2.45) is 4.99 Å². The summed E-state index contributed by atoms with van der Waals surface area (Å²) in [6.07, 6.45) is 2.20. The highest BCUT2D eigenvalue weighted by Crippen LogP contribution is 2.09. The maximum absolute atomic E-state index is 12.0. The van der Waals surface area contributed by atoms with E-state index >= 15 is 0 Å². The molecule has 28 heavy (non-hydrogen) atoms. The molecular weight excluding hydrogens is 358 g/mol. The van der Waals surface area contributed by atoms with Gasteiger partial charge in [-0.25, -0.2) is 4.79 Å². The molecule has 0 aromatic carbocycles. The molecule has 9 nitrogen and oxygen atoms in total. The first-order chi connectivity index (χ1) is 13.1. The molecule has 0 saturated heterocycles. The summed E-state index contributed by atoms with van der Waals surface area (Å²) in [5, 5.41) is 17.7. The van der Waals surface area contributed by atoms with Gasteiger partial charge < -0.3 is 20.7 Å². The van der Waals surface area contributed by atoms with Crippen molar-refractivity contribution in [1.82, 2.24) is 30.5 Å². The quantitative estimate of drug-likeness (QED) is 0.513. The van der Waals surface area contributed by atoms with E-state index in [0.29, 0.717) is 25.5 Å². The third-order valence-corrected chi connectivity index (χ3v) is 3.79. The van der Waals surface area contributed by atoms with Crippen LogP contribution in [-0.4, -0.2) is 57.9 Å². The molecule has 0 aliphatic rings. The highest BCUT2D eigenvalue weighted by molar-refractivity contribution is 5.79. The Bertz CT molecular complexity index is 821. The molecule has 0 radical (unpaired) electrons. The maximum Gasteiger partial charge on any atom is 0.408 e. The lowest BCUT2D eigenvalue weighted by Crippen LogP contribution is -2.54. The molecule has 1 amide bonds.